The molecule has 0 saturated carbocycles. The normalized spacial score (nSPS) is 14.5. The number of carbonyl (C=O) groups excluding carboxylic acids is 2. The van der Waals surface area contributed by atoms with E-state index in [4.69, 9.17) is 19.1 Å². The molecule has 2 amide bonds. The van der Waals surface area contributed by atoms with E-state index in [0.717, 1.165) is 30.7 Å². The van der Waals surface area contributed by atoms with Gasteiger partial charge in [-0.1, -0.05) is 25.0 Å². The van der Waals surface area contributed by atoms with E-state index in [2.05, 4.69) is 38.4 Å². The average Bonchev–Trinajstić information content (AvgIpc) is 2.99. The molecule has 0 radical (unpaired) electrons. The van der Waals surface area contributed by atoms with Gasteiger partial charge in [-0.2, -0.15) is 5.26 Å². The summed E-state index contributed by atoms with van der Waals surface area (Å²) in [5.74, 6) is -0.799. The summed E-state index contributed by atoms with van der Waals surface area (Å²) in [4.78, 5) is 30.0. The number of imide groups is 1. The monoisotopic (exact) mass is 463 g/mol. The number of carbonyl (C=O) groups is 2. The van der Waals surface area contributed by atoms with Crippen molar-refractivity contribution >= 4 is 20.3 Å². The van der Waals surface area contributed by atoms with Crippen LogP contribution in [0, 0.1) is 11.3 Å². The largest absolute Gasteiger partial charge is 0.322 e. The lowest BCUT2D eigenvalue weighted by atomic mass is 10.1. The van der Waals surface area contributed by atoms with Crippen molar-refractivity contribution in [2.45, 2.75) is 71.9 Å². The van der Waals surface area contributed by atoms with E-state index in [1.807, 2.05) is 0 Å². The summed E-state index contributed by atoms with van der Waals surface area (Å²) in [5, 5.41) is 9.64. The van der Waals surface area contributed by atoms with Gasteiger partial charge in [0.1, 0.15) is 0 Å². The highest BCUT2D eigenvalue weighted by molar-refractivity contribution is 7.44. The number of benzene rings is 1. The standard InChI is InChI=1S/C23H34N3O5P/c1-18(2)26(19(3)4)32(31-17-11-14-24)30-16-10-6-5-9-15-29-25-22(27)20-12-7-8-13-21(20)23(25)28/h7-8,12-13,18-19H,5-6,9-11,15-17H2,1-4H3. The van der Waals surface area contributed by atoms with Gasteiger partial charge < -0.3 is 9.05 Å². The second-order valence-corrected chi connectivity index (χ2v) is 9.53. The first-order chi connectivity index (χ1) is 15.4. The minimum atomic E-state index is -1.21. The maximum atomic E-state index is 12.3. The van der Waals surface area contributed by atoms with Crippen molar-refractivity contribution in [3.8, 4) is 6.07 Å². The molecule has 1 atom stereocenters. The van der Waals surface area contributed by atoms with Crippen LogP contribution in [0.3, 0.4) is 0 Å². The molecule has 1 aliphatic heterocycles. The van der Waals surface area contributed by atoms with Gasteiger partial charge in [-0.25, -0.2) is 4.67 Å². The van der Waals surface area contributed by atoms with Crippen LogP contribution in [0.4, 0.5) is 0 Å². The predicted octanol–water partition coefficient (Wildman–Crippen LogP) is 5.07. The van der Waals surface area contributed by atoms with Crippen LogP contribution in [0.2, 0.25) is 0 Å². The Morgan fingerprint density at radius 1 is 0.906 bits per heavy atom. The lowest BCUT2D eigenvalue weighted by Crippen LogP contribution is -2.33. The number of amides is 2. The summed E-state index contributed by atoms with van der Waals surface area (Å²) in [7, 11) is -1.21. The minimum Gasteiger partial charge on any atom is -0.322 e. The van der Waals surface area contributed by atoms with Gasteiger partial charge in [0.15, 0.2) is 0 Å². The highest BCUT2D eigenvalue weighted by atomic mass is 31.2. The zero-order chi connectivity index (χ0) is 23.5. The van der Waals surface area contributed by atoms with Crippen molar-refractivity contribution in [2.75, 3.05) is 19.8 Å². The molecule has 1 unspecified atom stereocenters. The molecule has 0 aliphatic carbocycles. The molecule has 0 fully saturated rings. The van der Waals surface area contributed by atoms with E-state index in [1.54, 1.807) is 24.3 Å². The Bertz CT molecular complexity index is 753. The lowest BCUT2D eigenvalue weighted by molar-refractivity contribution is -0.0923. The topological polar surface area (TPSA) is 92.1 Å². The summed E-state index contributed by atoms with van der Waals surface area (Å²) < 4.78 is 14.1. The molecule has 32 heavy (non-hydrogen) atoms. The smallest absolute Gasteiger partial charge is 0.285 e. The Kier molecular flexibility index (Phi) is 11.2. The Labute approximate surface area is 192 Å². The van der Waals surface area contributed by atoms with Crippen molar-refractivity contribution in [3.05, 3.63) is 35.4 Å². The molecule has 2 rings (SSSR count). The Morgan fingerprint density at radius 3 is 1.97 bits per heavy atom. The molecule has 1 aromatic carbocycles. The van der Waals surface area contributed by atoms with Crippen LogP contribution in [0.15, 0.2) is 24.3 Å². The molecule has 0 saturated heterocycles. The number of hydroxylamine groups is 2. The SMILES string of the molecule is CC(C)N(C(C)C)P(OCCC#N)OCCCCCCON1C(=O)c2ccccc2C1=O. The summed E-state index contributed by atoms with van der Waals surface area (Å²) in [6.07, 6.45) is 3.80. The molecule has 0 spiro atoms. The van der Waals surface area contributed by atoms with Crippen LogP contribution < -0.4 is 0 Å². The highest BCUT2D eigenvalue weighted by Crippen LogP contribution is 2.46. The fourth-order valence-corrected chi connectivity index (χ4v) is 5.08. The van der Waals surface area contributed by atoms with Crippen LogP contribution in [0.5, 0.6) is 0 Å². The number of hydrogen-bond donors (Lipinski definition) is 0. The Hall–Kier alpha value is -1.88. The van der Waals surface area contributed by atoms with E-state index in [-0.39, 0.29) is 12.1 Å². The second-order valence-electron chi connectivity index (χ2n) is 8.08. The number of nitrogens with zero attached hydrogens (tertiary/aromatic N) is 3. The molecule has 1 aromatic rings. The number of nitriles is 1. The van der Waals surface area contributed by atoms with Crippen LogP contribution >= 0.6 is 8.53 Å². The maximum absolute atomic E-state index is 12.3. The molecule has 8 nitrogen and oxygen atoms in total. The van der Waals surface area contributed by atoms with E-state index in [1.165, 1.54) is 0 Å². The predicted molar refractivity (Wildman–Crippen MR) is 123 cm³/mol. The molecule has 0 aromatic heterocycles. The van der Waals surface area contributed by atoms with E-state index in [9.17, 15) is 9.59 Å². The maximum Gasteiger partial charge on any atom is 0.285 e. The molecule has 176 valence electrons. The van der Waals surface area contributed by atoms with Crippen LogP contribution in [-0.4, -0.2) is 53.5 Å². The molecule has 1 heterocycles. The van der Waals surface area contributed by atoms with Gasteiger partial charge in [-0.05, 0) is 52.7 Å². The van der Waals surface area contributed by atoms with E-state index < -0.39 is 20.3 Å². The van der Waals surface area contributed by atoms with E-state index >= 15 is 0 Å². The van der Waals surface area contributed by atoms with Crippen molar-refractivity contribution < 1.29 is 23.5 Å². The quantitative estimate of drug-likeness (QED) is 0.204. The third kappa shape index (κ3) is 7.33. The van der Waals surface area contributed by atoms with Crippen LogP contribution in [-0.2, 0) is 13.9 Å². The molecular weight excluding hydrogens is 429 g/mol. The van der Waals surface area contributed by atoms with Gasteiger partial charge in [-0.15, -0.1) is 5.06 Å². The Balaban J connectivity index is 1.66. The minimum absolute atomic E-state index is 0.280. The van der Waals surface area contributed by atoms with E-state index in [0.29, 0.717) is 37.4 Å². The third-order valence-electron chi connectivity index (χ3n) is 4.88. The fourth-order valence-electron chi connectivity index (χ4n) is 3.45. The number of rotatable bonds is 15. The number of fused-ring (bicyclic) bond motifs is 1. The van der Waals surface area contributed by atoms with Gasteiger partial charge >= 0.3 is 0 Å². The summed E-state index contributed by atoms with van der Waals surface area (Å²) in [6.45, 7) is 9.70. The first-order valence-electron chi connectivity index (χ1n) is 11.2. The summed E-state index contributed by atoms with van der Waals surface area (Å²) >= 11 is 0. The molecule has 0 N–H and O–H groups in total. The molecule has 9 heteroatoms. The van der Waals surface area contributed by atoms with Crippen molar-refractivity contribution in [2.24, 2.45) is 0 Å². The third-order valence-corrected chi connectivity index (χ3v) is 6.99. The van der Waals surface area contributed by atoms with Gasteiger partial charge in [0.2, 0.25) is 0 Å². The fraction of sp³-hybridized carbons (Fsp3) is 0.609. The summed E-state index contributed by atoms with van der Waals surface area (Å²) in [5.41, 5.74) is 0.778. The first kappa shape index (κ1) is 26.4. The number of hydrogen-bond acceptors (Lipinski definition) is 7. The second kappa shape index (κ2) is 13.6. The number of unbranched alkanes of at least 4 members (excludes halogenated alkanes) is 3. The van der Waals surface area contributed by atoms with Gasteiger partial charge in [0.25, 0.3) is 20.3 Å². The van der Waals surface area contributed by atoms with Gasteiger partial charge in [0.05, 0.1) is 43.4 Å². The van der Waals surface area contributed by atoms with Crippen molar-refractivity contribution in [1.82, 2.24) is 9.73 Å². The van der Waals surface area contributed by atoms with Crippen molar-refractivity contribution in [3.63, 3.8) is 0 Å². The van der Waals surface area contributed by atoms with Crippen LogP contribution in [0.25, 0.3) is 0 Å². The first-order valence-corrected chi connectivity index (χ1v) is 12.3. The molecule has 0 bridgehead atoms. The summed E-state index contributed by atoms with van der Waals surface area (Å²) in [6, 6.07) is 9.40. The lowest BCUT2D eigenvalue weighted by Gasteiger charge is -2.35. The molecular formula is C23H34N3O5P. The molecule has 1 aliphatic rings. The zero-order valence-corrected chi connectivity index (χ0v) is 20.3. The van der Waals surface area contributed by atoms with Gasteiger partial charge in [-0.3, -0.25) is 14.4 Å². The highest BCUT2D eigenvalue weighted by Gasteiger charge is 2.36. The van der Waals surface area contributed by atoms with Crippen molar-refractivity contribution in [1.29, 1.82) is 5.26 Å². The Morgan fingerprint density at radius 2 is 1.44 bits per heavy atom. The zero-order valence-electron chi connectivity index (χ0n) is 19.5. The van der Waals surface area contributed by atoms with Crippen LogP contribution in [0.1, 0.15) is 80.5 Å². The van der Waals surface area contributed by atoms with Gasteiger partial charge in [0, 0.05) is 12.1 Å². The average molecular weight is 464 g/mol.